The number of aryl methyl sites for hydroxylation is 1. The quantitative estimate of drug-likeness (QED) is 0.605. The molecule has 1 heterocycles. The maximum atomic E-state index is 12.5. The molecule has 5 nitrogen and oxygen atoms in total. The van der Waals surface area contributed by atoms with Crippen molar-refractivity contribution in [3.05, 3.63) is 71.1 Å². The van der Waals surface area contributed by atoms with Crippen molar-refractivity contribution >= 4 is 5.97 Å². The maximum Gasteiger partial charge on any atom is 0.416 e. The van der Waals surface area contributed by atoms with Crippen molar-refractivity contribution in [3.63, 3.8) is 0 Å². The van der Waals surface area contributed by atoms with Gasteiger partial charge in [0.25, 0.3) is 5.89 Å². The third-order valence-corrected chi connectivity index (χ3v) is 3.86. The van der Waals surface area contributed by atoms with E-state index in [9.17, 15) is 18.0 Å². The molecular formula is C19H15F3N2O3. The number of alkyl halides is 3. The van der Waals surface area contributed by atoms with Gasteiger partial charge in [-0.25, -0.2) is 4.79 Å². The number of hydrogen-bond donors (Lipinski definition) is 0. The summed E-state index contributed by atoms with van der Waals surface area (Å²) >= 11 is 0. The molecular weight excluding hydrogens is 361 g/mol. The lowest BCUT2D eigenvalue weighted by atomic mass is 10.1. The van der Waals surface area contributed by atoms with Crippen molar-refractivity contribution in [1.82, 2.24) is 10.1 Å². The van der Waals surface area contributed by atoms with E-state index in [1.165, 1.54) is 5.56 Å². The third-order valence-electron chi connectivity index (χ3n) is 3.86. The van der Waals surface area contributed by atoms with Crippen molar-refractivity contribution in [1.29, 1.82) is 0 Å². The minimum absolute atomic E-state index is 0.00195. The van der Waals surface area contributed by atoms with Crippen LogP contribution in [0, 0.1) is 0 Å². The van der Waals surface area contributed by atoms with Gasteiger partial charge in [0.15, 0.2) is 6.61 Å². The van der Waals surface area contributed by atoms with E-state index in [1.54, 1.807) is 0 Å². The zero-order valence-electron chi connectivity index (χ0n) is 14.3. The molecule has 0 amide bonds. The average Bonchev–Trinajstić information content (AvgIpc) is 3.14. The highest BCUT2D eigenvalue weighted by atomic mass is 19.4. The van der Waals surface area contributed by atoms with Gasteiger partial charge in [0.05, 0.1) is 11.1 Å². The predicted molar refractivity (Wildman–Crippen MR) is 89.7 cm³/mol. The van der Waals surface area contributed by atoms with Crippen LogP contribution < -0.4 is 0 Å². The van der Waals surface area contributed by atoms with Crippen LogP contribution >= 0.6 is 0 Å². The summed E-state index contributed by atoms with van der Waals surface area (Å²) in [6, 6.07) is 11.4. The Morgan fingerprint density at radius 3 is 2.33 bits per heavy atom. The number of halogens is 3. The van der Waals surface area contributed by atoms with Gasteiger partial charge in [0, 0.05) is 5.56 Å². The van der Waals surface area contributed by atoms with E-state index in [2.05, 4.69) is 10.1 Å². The van der Waals surface area contributed by atoms with Crippen LogP contribution in [0.3, 0.4) is 0 Å². The Morgan fingerprint density at radius 1 is 1.07 bits per heavy atom. The molecule has 27 heavy (non-hydrogen) atoms. The molecule has 8 heteroatoms. The van der Waals surface area contributed by atoms with E-state index in [-0.39, 0.29) is 18.1 Å². The number of ether oxygens (including phenoxy) is 1. The summed E-state index contributed by atoms with van der Waals surface area (Å²) in [5, 5.41) is 3.83. The number of rotatable bonds is 5. The Kier molecular flexibility index (Phi) is 5.25. The highest BCUT2D eigenvalue weighted by molar-refractivity contribution is 5.89. The van der Waals surface area contributed by atoms with Gasteiger partial charge in [-0.1, -0.05) is 36.3 Å². The van der Waals surface area contributed by atoms with Gasteiger partial charge in [-0.05, 0) is 36.2 Å². The van der Waals surface area contributed by atoms with Crippen LogP contribution in [0.1, 0.15) is 34.3 Å². The number of hydrogen-bond acceptors (Lipinski definition) is 5. The highest BCUT2D eigenvalue weighted by Crippen LogP contribution is 2.29. The number of carbonyl (C=O) groups excluding carboxylic acids is 1. The normalized spacial score (nSPS) is 11.4. The second-order valence-corrected chi connectivity index (χ2v) is 5.71. The van der Waals surface area contributed by atoms with E-state index < -0.39 is 17.7 Å². The Morgan fingerprint density at radius 2 is 1.74 bits per heavy atom. The standard InChI is InChI=1S/C19H15F3N2O3/c1-2-12-3-5-13(6-4-12)17-23-16(27-24-17)11-26-18(25)14-7-9-15(10-8-14)19(20,21)22/h3-10H,2,11H2,1H3. The van der Waals surface area contributed by atoms with Crippen LogP contribution in [0.25, 0.3) is 11.4 Å². The number of esters is 1. The summed E-state index contributed by atoms with van der Waals surface area (Å²) in [5.74, 6) is -0.334. The van der Waals surface area contributed by atoms with Crippen molar-refractivity contribution < 1.29 is 27.2 Å². The highest BCUT2D eigenvalue weighted by Gasteiger charge is 2.30. The van der Waals surface area contributed by atoms with E-state index >= 15 is 0 Å². The van der Waals surface area contributed by atoms with Crippen LogP contribution in [0.15, 0.2) is 53.1 Å². The topological polar surface area (TPSA) is 65.2 Å². The van der Waals surface area contributed by atoms with Crippen LogP contribution in [0.5, 0.6) is 0 Å². The van der Waals surface area contributed by atoms with Crippen molar-refractivity contribution in [2.75, 3.05) is 0 Å². The lowest BCUT2D eigenvalue weighted by Gasteiger charge is -2.07. The van der Waals surface area contributed by atoms with Gasteiger partial charge in [0.1, 0.15) is 0 Å². The molecule has 140 valence electrons. The Hall–Kier alpha value is -3.16. The van der Waals surface area contributed by atoms with E-state index in [4.69, 9.17) is 9.26 Å². The van der Waals surface area contributed by atoms with Gasteiger partial charge < -0.3 is 9.26 Å². The molecule has 0 N–H and O–H groups in total. The van der Waals surface area contributed by atoms with Crippen LogP contribution in [0.4, 0.5) is 13.2 Å². The first kappa shape index (κ1) is 18.6. The first-order valence-corrected chi connectivity index (χ1v) is 8.13. The molecule has 0 saturated carbocycles. The van der Waals surface area contributed by atoms with Gasteiger partial charge in [0.2, 0.25) is 5.82 Å². The van der Waals surface area contributed by atoms with Crippen molar-refractivity contribution in [2.24, 2.45) is 0 Å². The molecule has 0 aliphatic rings. The van der Waals surface area contributed by atoms with Crippen molar-refractivity contribution in [3.8, 4) is 11.4 Å². The number of nitrogens with zero attached hydrogens (tertiary/aromatic N) is 2. The zero-order valence-corrected chi connectivity index (χ0v) is 14.3. The zero-order chi connectivity index (χ0) is 19.4. The summed E-state index contributed by atoms with van der Waals surface area (Å²) in [6.45, 7) is 1.77. The first-order chi connectivity index (χ1) is 12.9. The van der Waals surface area contributed by atoms with E-state index in [0.29, 0.717) is 5.82 Å². The molecule has 0 unspecified atom stereocenters. The predicted octanol–water partition coefficient (Wildman–Crippen LogP) is 4.67. The SMILES string of the molecule is CCc1ccc(-c2noc(COC(=O)c3ccc(C(F)(F)F)cc3)n2)cc1. The summed E-state index contributed by atoms with van der Waals surface area (Å²) < 4.78 is 47.6. The molecule has 0 atom stereocenters. The van der Waals surface area contributed by atoms with Gasteiger partial charge in [-0.3, -0.25) is 0 Å². The van der Waals surface area contributed by atoms with E-state index in [0.717, 1.165) is 36.2 Å². The molecule has 2 aromatic carbocycles. The second-order valence-electron chi connectivity index (χ2n) is 5.71. The summed E-state index contributed by atoms with van der Waals surface area (Å²) in [6.07, 6.45) is -3.55. The summed E-state index contributed by atoms with van der Waals surface area (Å²) in [4.78, 5) is 16.1. The fourth-order valence-corrected chi connectivity index (χ4v) is 2.33. The second kappa shape index (κ2) is 7.61. The number of aromatic nitrogens is 2. The minimum Gasteiger partial charge on any atom is -0.452 e. The van der Waals surface area contributed by atoms with Crippen LogP contribution in [-0.2, 0) is 23.9 Å². The molecule has 0 radical (unpaired) electrons. The summed E-state index contributed by atoms with van der Waals surface area (Å²) in [7, 11) is 0. The molecule has 0 aliphatic carbocycles. The molecule has 0 aliphatic heterocycles. The Bertz CT molecular complexity index is 917. The molecule has 3 rings (SSSR count). The van der Waals surface area contributed by atoms with Gasteiger partial charge in [-0.15, -0.1) is 0 Å². The monoisotopic (exact) mass is 376 g/mol. The smallest absolute Gasteiger partial charge is 0.416 e. The van der Waals surface area contributed by atoms with Gasteiger partial charge in [-0.2, -0.15) is 18.2 Å². The Labute approximate surface area is 152 Å². The van der Waals surface area contributed by atoms with Gasteiger partial charge >= 0.3 is 12.1 Å². The lowest BCUT2D eigenvalue weighted by Crippen LogP contribution is -2.08. The third kappa shape index (κ3) is 4.52. The molecule has 0 bridgehead atoms. The molecule has 3 aromatic rings. The first-order valence-electron chi connectivity index (χ1n) is 8.13. The Balaban J connectivity index is 1.61. The molecule has 0 fully saturated rings. The van der Waals surface area contributed by atoms with Crippen molar-refractivity contribution in [2.45, 2.75) is 26.1 Å². The molecule has 1 aromatic heterocycles. The van der Waals surface area contributed by atoms with Crippen LogP contribution in [0.2, 0.25) is 0 Å². The summed E-state index contributed by atoms with van der Waals surface area (Å²) in [5.41, 5.74) is 1.09. The largest absolute Gasteiger partial charge is 0.452 e. The maximum absolute atomic E-state index is 12.5. The minimum atomic E-state index is -4.46. The molecule has 0 spiro atoms. The number of carbonyl (C=O) groups is 1. The fourth-order valence-electron chi connectivity index (χ4n) is 2.33. The number of benzene rings is 2. The average molecular weight is 376 g/mol. The molecule has 0 saturated heterocycles. The van der Waals surface area contributed by atoms with E-state index in [1.807, 2.05) is 31.2 Å². The van der Waals surface area contributed by atoms with Crippen LogP contribution in [-0.4, -0.2) is 16.1 Å². The lowest BCUT2D eigenvalue weighted by molar-refractivity contribution is -0.137. The fraction of sp³-hybridized carbons (Fsp3) is 0.211.